The van der Waals surface area contributed by atoms with Gasteiger partial charge in [-0.25, -0.2) is 4.57 Å². The first kappa shape index (κ1) is 69.7. The van der Waals surface area contributed by atoms with Crippen molar-refractivity contribution in [2.45, 2.75) is 315 Å². The fourth-order valence-corrected chi connectivity index (χ4v) is 9.99. The Morgan fingerprint density at radius 2 is 0.775 bits per heavy atom. The summed E-state index contributed by atoms with van der Waals surface area (Å²) in [5.74, 6) is -0.185. The fraction of sp³-hybridized carbons (Fsp3) is 0.887. The number of allylic oxidation sites excluding steroid dienone is 5. The molecule has 0 aromatic carbocycles. The van der Waals surface area contributed by atoms with Gasteiger partial charge in [0, 0.05) is 6.42 Å². The lowest BCUT2D eigenvalue weighted by Crippen LogP contribution is -2.45. The summed E-state index contributed by atoms with van der Waals surface area (Å²) >= 11 is 0. The number of phosphoric acid groups is 1. The summed E-state index contributed by atoms with van der Waals surface area (Å²) in [5, 5.41) is 13.9. The van der Waals surface area contributed by atoms with Crippen LogP contribution in [0.5, 0.6) is 0 Å². The Morgan fingerprint density at radius 1 is 0.465 bits per heavy atom. The van der Waals surface area contributed by atoms with Gasteiger partial charge in [-0.2, -0.15) is 0 Å². The van der Waals surface area contributed by atoms with Crippen molar-refractivity contribution < 1.29 is 32.9 Å². The molecule has 0 saturated heterocycles. The maximum atomic E-state index is 13.0. The topological polar surface area (TPSA) is 105 Å². The monoisotopic (exact) mass is 1020 g/mol. The van der Waals surface area contributed by atoms with E-state index in [0.29, 0.717) is 17.4 Å². The van der Waals surface area contributed by atoms with Gasteiger partial charge in [-0.1, -0.05) is 288 Å². The number of nitrogens with one attached hydrogen (secondary N) is 1. The fourth-order valence-electron chi connectivity index (χ4n) is 9.25. The highest BCUT2D eigenvalue weighted by molar-refractivity contribution is 7.47. The summed E-state index contributed by atoms with van der Waals surface area (Å²) in [4.78, 5) is 23.3. The quantitative estimate of drug-likeness (QED) is 0.0243. The minimum Gasteiger partial charge on any atom is -0.387 e. The molecule has 0 heterocycles. The van der Waals surface area contributed by atoms with Crippen LogP contribution < -0.4 is 5.32 Å². The van der Waals surface area contributed by atoms with Gasteiger partial charge in [-0.15, -0.1) is 0 Å². The Bertz CT molecular complexity index is 1250. The van der Waals surface area contributed by atoms with Crippen molar-refractivity contribution in [3.05, 3.63) is 36.5 Å². The largest absolute Gasteiger partial charge is 0.472 e. The van der Waals surface area contributed by atoms with Crippen LogP contribution in [0.2, 0.25) is 0 Å². The summed E-state index contributed by atoms with van der Waals surface area (Å²) in [6.45, 7) is 4.82. The van der Waals surface area contributed by atoms with Crippen LogP contribution in [-0.2, 0) is 18.4 Å². The smallest absolute Gasteiger partial charge is 0.387 e. The molecule has 0 saturated carbocycles. The van der Waals surface area contributed by atoms with E-state index in [4.69, 9.17) is 9.05 Å². The van der Waals surface area contributed by atoms with Crippen molar-refractivity contribution in [2.75, 3.05) is 40.9 Å². The minimum absolute atomic E-state index is 0.0551. The normalized spacial score (nSPS) is 14.1. The average Bonchev–Trinajstić information content (AvgIpc) is 3.33. The Labute approximate surface area is 442 Å². The molecule has 3 atom stereocenters. The van der Waals surface area contributed by atoms with Crippen LogP contribution in [0.3, 0.4) is 0 Å². The SMILES string of the molecule is CCCCCCCCCC/C=C/CC/C=C/CC/C=C/C(O)C(COP(=O)(O)OCC[N+](C)(C)C)NC(=O)CCCCCCCCCCCCCCCCCCCCCCCCCCCCCCCCC. The van der Waals surface area contributed by atoms with E-state index < -0.39 is 20.0 Å². The van der Waals surface area contributed by atoms with Crippen molar-refractivity contribution >= 4 is 13.7 Å². The Kier molecular flexibility index (Phi) is 52.6. The number of quaternary nitrogens is 1. The van der Waals surface area contributed by atoms with E-state index in [2.05, 4.69) is 43.5 Å². The molecule has 0 rings (SSSR count). The zero-order valence-corrected chi connectivity index (χ0v) is 48.9. The summed E-state index contributed by atoms with van der Waals surface area (Å²) in [5.41, 5.74) is 0. The number of nitrogens with zero attached hydrogens (tertiary/aromatic N) is 1. The maximum Gasteiger partial charge on any atom is 0.472 e. The molecule has 71 heavy (non-hydrogen) atoms. The van der Waals surface area contributed by atoms with Crippen molar-refractivity contribution in [2.24, 2.45) is 0 Å². The van der Waals surface area contributed by atoms with Gasteiger partial charge in [0.2, 0.25) is 5.91 Å². The molecule has 0 aliphatic heterocycles. The van der Waals surface area contributed by atoms with Gasteiger partial charge in [0.1, 0.15) is 13.2 Å². The van der Waals surface area contributed by atoms with Crippen LogP contribution in [0.25, 0.3) is 0 Å². The number of hydrogen-bond acceptors (Lipinski definition) is 5. The number of carbonyl (C=O) groups is 1. The Morgan fingerprint density at radius 3 is 1.13 bits per heavy atom. The molecule has 0 radical (unpaired) electrons. The lowest BCUT2D eigenvalue weighted by molar-refractivity contribution is -0.870. The molecule has 3 unspecified atom stereocenters. The number of unbranched alkanes of at least 4 members (excludes halogenated alkanes) is 40. The summed E-state index contributed by atoms with van der Waals surface area (Å²) < 4.78 is 23.7. The van der Waals surface area contributed by atoms with E-state index in [1.54, 1.807) is 6.08 Å². The van der Waals surface area contributed by atoms with E-state index in [1.165, 1.54) is 238 Å². The van der Waals surface area contributed by atoms with E-state index in [0.717, 1.165) is 44.9 Å². The highest BCUT2D eigenvalue weighted by Crippen LogP contribution is 2.43. The molecule has 0 aliphatic carbocycles. The highest BCUT2D eigenvalue weighted by atomic mass is 31.2. The van der Waals surface area contributed by atoms with E-state index >= 15 is 0 Å². The van der Waals surface area contributed by atoms with Gasteiger partial charge in [0.25, 0.3) is 0 Å². The number of aliphatic hydroxyl groups is 1. The van der Waals surface area contributed by atoms with Crippen molar-refractivity contribution in [1.29, 1.82) is 0 Å². The minimum atomic E-state index is -4.36. The molecule has 9 heteroatoms. The molecule has 0 aromatic rings. The van der Waals surface area contributed by atoms with E-state index in [1.807, 2.05) is 27.2 Å². The molecule has 0 fully saturated rings. The lowest BCUT2D eigenvalue weighted by atomic mass is 10.0. The number of hydrogen-bond donors (Lipinski definition) is 3. The van der Waals surface area contributed by atoms with Gasteiger partial charge in [-0.3, -0.25) is 13.8 Å². The van der Waals surface area contributed by atoms with Gasteiger partial charge < -0.3 is 19.8 Å². The highest BCUT2D eigenvalue weighted by Gasteiger charge is 2.27. The molecule has 1 amide bonds. The second kappa shape index (κ2) is 53.5. The van der Waals surface area contributed by atoms with Crippen molar-refractivity contribution in [3.63, 3.8) is 0 Å². The number of rotatable bonds is 57. The van der Waals surface area contributed by atoms with E-state index in [9.17, 15) is 19.4 Å². The molecule has 0 aromatic heterocycles. The molecule has 8 nitrogen and oxygen atoms in total. The molecule has 0 spiro atoms. The van der Waals surface area contributed by atoms with Crippen LogP contribution in [-0.4, -0.2) is 73.4 Å². The van der Waals surface area contributed by atoms with Crippen molar-refractivity contribution in [3.8, 4) is 0 Å². The molecule has 0 bridgehead atoms. The predicted molar refractivity (Wildman–Crippen MR) is 309 cm³/mol. The first-order valence-corrected chi connectivity index (χ1v) is 32.4. The van der Waals surface area contributed by atoms with Gasteiger partial charge in [0.05, 0.1) is 39.9 Å². The zero-order valence-electron chi connectivity index (χ0n) is 48.0. The first-order chi connectivity index (χ1) is 34.5. The number of phosphoric ester groups is 1. The van der Waals surface area contributed by atoms with Crippen molar-refractivity contribution in [1.82, 2.24) is 5.32 Å². The molecule has 420 valence electrons. The Balaban J connectivity index is 4.09. The number of amides is 1. The zero-order chi connectivity index (χ0) is 52.0. The molecule has 3 N–H and O–H groups in total. The lowest BCUT2D eigenvalue weighted by Gasteiger charge is -2.25. The molecular weight excluding hydrogens is 900 g/mol. The van der Waals surface area contributed by atoms with Crippen LogP contribution in [0, 0.1) is 0 Å². The van der Waals surface area contributed by atoms with Crippen LogP contribution in [0.15, 0.2) is 36.5 Å². The average molecular weight is 1020 g/mol. The molecule has 0 aliphatic rings. The van der Waals surface area contributed by atoms with Crippen LogP contribution >= 0.6 is 7.82 Å². The molecular formula is C62H122N2O6P+. The summed E-state index contributed by atoms with van der Waals surface area (Å²) in [6.07, 6.45) is 69.9. The second-order valence-corrected chi connectivity index (χ2v) is 23.9. The number of aliphatic hydroxyl groups excluding tert-OH is 1. The first-order valence-electron chi connectivity index (χ1n) is 30.9. The standard InChI is InChI=1S/C62H121N2O6P/c1-6-8-10-12-14-16-18-20-22-24-26-27-28-29-30-31-32-33-34-35-36-37-38-40-42-44-46-48-50-52-54-56-62(66)63-60(59-70-71(67,68)69-58-57-64(3,4)5)61(65)55-53-51-49-47-45-43-41-39-25-23-21-19-17-15-13-11-9-7-2/h25,39,45,47,53,55,60-61,65H,6-24,26-38,40-44,46,48-52,54,56-59H2,1-5H3,(H-,63,66,67,68)/p+1/b39-25+,47-45+,55-53+. The van der Waals surface area contributed by atoms with Gasteiger partial charge in [-0.05, 0) is 44.9 Å². The number of likely N-dealkylation sites (N-methyl/N-ethyl adjacent to an activating group) is 1. The van der Waals surface area contributed by atoms with Crippen LogP contribution in [0.4, 0.5) is 0 Å². The van der Waals surface area contributed by atoms with E-state index in [-0.39, 0.29) is 19.1 Å². The summed E-state index contributed by atoms with van der Waals surface area (Å²) in [6, 6.07) is -0.868. The van der Waals surface area contributed by atoms with Crippen LogP contribution in [0.1, 0.15) is 303 Å². The Hall–Kier alpha value is -1.28. The summed E-state index contributed by atoms with van der Waals surface area (Å²) in [7, 11) is 1.56. The maximum absolute atomic E-state index is 13.0. The van der Waals surface area contributed by atoms with Gasteiger partial charge >= 0.3 is 7.82 Å². The third kappa shape index (κ3) is 56.3. The third-order valence-corrected chi connectivity index (χ3v) is 15.1. The van der Waals surface area contributed by atoms with Gasteiger partial charge in [0.15, 0.2) is 0 Å². The second-order valence-electron chi connectivity index (χ2n) is 22.4. The predicted octanol–water partition coefficient (Wildman–Crippen LogP) is 18.9. The third-order valence-electron chi connectivity index (χ3n) is 14.1. The number of carbonyl (C=O) groups excluding carboxylic acids is 1.